The molecule has 0 bridgehead atoms. The Hall–Kier alpha value is -1.44. The third-order valence-electron chi connectivity index (χ3n) is 1.30. The van der Waals surface area contributed by atoms with Gasteiger partial charge < -0.3 is 4.98 Å². The van der Waals surface area contributed by atoms with Crippen LogP contribution in [0.4, 0.5) is 0 Å². The standard InChI is InChI=1S/C6H5B.C4H5N/c7-6-4-2-1-3-5-6;1-2-4-5-3-1/h1-5H;1-5H. The Kier molecular flexibility index (Phi) is 3.79. The zero-order chi connectivity index (χ0) is 8.65. The Morgan fingerprint density at radius 1 is 0.833 bits per heavy atom. The summed E-state index contributed by atoms with van der Waals surface area (Å²) in [5, 5.41) is 0. The van der Waals surface area contributed by atoms with E-state index in [9.17, 15) is 0 Å². The van der Waals surface area contributed by atoms with Crippen LogP contribution in [0.1, 0.15) is 0 Å². The third-order valence-corrected chi connectivity index (χ3v) is 1.30. The second-order valence-corrected chi connectivity index (χ2v) is 2.30. The molecular formula is C10H10BN. The highest BCUT2D eigenvalue weighted by Crippen LogP contribution is 1.76. The molecule has 0 saturated carbocycles. The van der Waals surface area contributed by atoms with Crippen LogP contribution in [-0.2, 0) is 0 Å². The van der Waals surface area contributed by atoms with Gasteiger partial charge in [0, 0.05) is 12.4 Å². The van der Waals surface area contributed by atoms with E-state index in [0.29, 0.717) is 0 Å². The Morgan fingerprint density at radius 2 is 1.42 bits per heavy atom. The molecular weight excluding hydrogens is 145 g/mol. The average Bonchev–Trinajstić information content (AvgIpc) is 2.62. The summed E-state index contributed by atoms with van der Waals surface area (Å²) in [5.41, 5.74) is 0.822. The van der Waals surface area contributed by atoms with Crippen molar-refractivity contribution in [2.75, 3.05) is 0 Å². The minimum Gasteiger partial charge on any atom is -0.368 e. The van der Waals surface area contributed by atoms with E-state index in [4.69, 9.17) is 7.85 Å². The quantitative estimate of drug-likeness (QED) is 0.554. The molecule has 0 aliphatic heterocycles. The monoisotopic (exact) mass is 155 g/mol. The lowest BCUT2D eigenvalue weighted by Crippen LogP contribution is -1.97. The summed E-state index contributed by atoms with van der Waals surface area (Å²) in [5.74, 6) is 0. The van der Waals surface area contributed by atoms with Crippen LogP contribution in [0.2, 0.25) is 0 Å². The van der Waals surface area contributed by atoms with Gasteiger partial charge in [-0.15, -0.1) is 0 Å². The van der Waals surface area contributed by atoms with E-state index >= 15 is 0 Å². The van der Waals surface area contributed by atoms with Crippen molar-refractivity contribution < 1.29 is 0 Å². The molecule has 0 saturated heterocycles. The van der Waals surface area contributed by atoms with Gasteiger partial charge in [0.15, 0.2) is 0 Å². The first-order valence-electron chi connectivity index (χ1n) is 3.78. The second kappa shape index (κ2) is 5.25. The minimum absolute atomic E-state index is 0.822. The lowest BCUT2D eigenvalue weighted by Gasteiger charge is -1.83. The molecule has 0 amide bonds. The van der Waals surface area contributed by atoms with E-state index < -0.39 is 0 Å². The number of hydrogen-bond donors (Lipinski definition) is 1. The van der Waals surface area contributed by atoms with Crippen LogP contribution >= 0.6 is 0 Å². The van der Waals surface area contributed by atoms with Crippen molar-refractivity contribution in [1.82, 2.24) is 4.98 Å². The first kappa shape index (κ1) is 8.66. The van der Waals surface area contributed by atoms with Gasteiger partial charge in [0.1, 0.15) is 7.85 Å². The SMILES string of the molecule is [B]c1ccccc1.c1cc[nH]c1. The molecule has 1 aromatic heterocycles. The van der Waals surface area contributed by atoms with E-state index in [1.807, 2.05) is 54.9 Å². The smallest absolute Gasteiger partial charge is 0.113 e. The van der Waals surface area contributed by atoms with E-state index in [1.165, 1.54) is 0 Å². The van der Waals surface area contributed by atoms with E-state index in [-0.39, 0.29) is 0 Å². The molecule has 0 aliphatic carbocycles. The predicted molar refractivity (Wildman–Crippen MR) is 52.6 cm³/mol. The second-order valence-electron chi connectivity index (χ2n) is 2.30. The van der Waals surface area contributed by atoms with Gasteiger partial charge >= 0.3 is 0 Å². The lowest BCUT2D eigenvalue weighted by atomic mass is 9.97. The molecule has 2 rings (SSSR count). The van der Waals surface area contributed by atoms with Crippen LogP contribution in [0, 0.1) is 0 Å². The van der Waals surface area contributed by atoms with Crippen molar-refractivity contribution in [1.29, 1.82) is 0 Å². The Bertz CT molecular complexity index is 259. The van der Waals surface area contributed by atoms with Gasteiger partial charge in [-0.05, 0) is 12.1 Å². The molecule has 1 heterocycles. The molecule has 1 aromatic carbocycles. The maximum atomic E-state index is 5.36. The lowest BCUT2D eigenvalue weighted by molar-refractivity contribution is 1.42. The van der Waals surface area contributed by atoms with Crippen molar-refractivity contribution in [3.8, 4) is 0 Å². The first-order valence-corrected chi connectivity index (χ1v) is 3.78. The highest BCUT2D eigenvalue weighted by atomic mass is 14.6. The fourth-order valence-corrected chi connectivity index (χ4v) is 0.731. The molecule has 2 radical (unpaired) electrons. The highest BCUT2D eigenvalue weighted by Gasteiger charge is 1.71. The summed E-state index contributed by atoms with van der Waals surface area (Å²) in [6.45, 7) is 0. The summed E-state index contributed by atoms with van der Waals surface area (Å²) in [6, 6.07) is 13.4. The predicted octanol–water partition coefficient (Wildman–Crippen LogP) is 1.50. The van der Waals surface area contributed by atoms with Gasteiger partial charge in [-0.1, -0.05) is 35.8 Å². The van der Waals surface area contributed by atoms with Crippen molar-refractivity contribution >= 4 is 13.3 Å². The van der Waals surface area contributed by atoms with Crippen LogP contribution in [0.25, 0.3) is 0 Å². The fourth-order valence-electron chi connectivity index (χ4n) is 0.731. The average molecular weight is 155 g/mol. The number of aromatic amines is 1. The van der Waals surface area contributed by atoms with Gasteiger partial charge in [-0.25, -0.2) is 0 Å². The Balaban J connectivity index is 0.000000127. The summed E-state index contributed by atoms with van der Waals surface area (Å²) in [7, 11) is 5.36. The zero-order valence-electron chi connectivity index (χ0n) is 6.77. The molecule has 0 aliphatic rings. The Morgan fingerprint density at radius 3 is 1.67 bits per heavy atom. The molecule has 1 nitrogen and oxygen atoms in total. The third kappa shape index (κ3) is 3.66. The van der Waals surface area contributed by atoms with E-state index in [1.54, 1.807) is 0 Å². The molecule has 2 heteroatoms. The van der Waals surface area contributed by atoms with E-state index in [2.05, 4.69) is 4.98 Å². The van der Waals surface area contributed by atoms with Gasteiger partial charge in [0.25, 0.3) is 0 Å². The summed E-state index contributed by atoms with van der Waals surface area (Å²) < 4.78 is 0. The molecule has 1 N–H and O–H groups in total. The molecule has 0 unspecified atom stereocenters. The van der Waals surface area contributed by atoms with Crippen LogP contribution in [0.15, 0.2) is 54.9 Å². The number of H-pyrrole nitrogens is 1. The number of aromatic nitrogens is 1. The summed E-state index contributed by atoms with van der Waals surface area (Å²) in [4.78, 5) is 2.86. The number of hydrogen-bond acceptors (Lipinski definition) is 0. The molecule has 0 fully saturated rings. The van der Waals surface area contributed by atoms with Crippen LogP contribution in [0.5, 0.6) is 0 Å². The fraction of sp³-hybridized carbons (Fsp3) is 0. The number of benzene rings is 1. The topological polar surface area (TPSA) is 15.8 Å². The Labute approximate surface area is 73.9 Å². The summed E-state index contributed by atoms with van der Waals surface area (Å²) in [6.07, 6.45) is 3.75. The summed E-state index contributed by atoms with van der Waals surface area (Å²) >= 11 is 0. The van der Waals surface area contributed by atoms with Crippen LogP contribution < -0.4 is 5.46 Å². The zero-order valence-corrected chi connectivity index (χ0v) is 6.77. The highest BCUT2D eigenvalue weighted by molar-refractivity contribution is 6.32. The van der Waals surface area contributed by atoms with E-state index in [0.717, 1.165) is 5.46 Å². The van der Waals surface area contributed by atoms with Gasteiger partial charge in [0.2, 0.25) is 0 Å². The largest absolute Gasteiger partial charge is 0.368 e. The number of nitrogens with one attached hydrogen (secondary N) is 1. The van der Waals surface area contributed by atoms with Crippen molar-refractivity contribution in [3.63, 3.8) is 0 Å². The van der Waals surface area contributed by atoms with Gasteiger partial charge in [-0.3, -0.25) is 0 Å². The van der Waals surface area contributed by atoms with Crippen molar-refractivity contribution in [2.45, 2.75) is 0 Å². The number of rotatable bonds is 0. The maximum absolute atomic E-state index is 5.36. The van der Waals surface area contributed by atoms with Crippen LogP contribution in [-0.4, -0.2) is 12.8 Å². The van der Waals surface area contributed by atoms with Gasteiger partial charge in [0.05, 0.1) is 0 Å². The first-order chi connectivity index (χ1) is 5.89. The molecule has 12 heavy (non-hydrogen) atoms. The normalized spacial score (nSPS) is 8.33. The molecule has 0 spiro atoms. The molecule has 58 valence electrons. The minimum atomic E-state index is 0.822. The van der Waals surface area contributed by atoms with Gasteiger partial charge in [-0.2, -0.15) is 0 Å². The van der Waals surface area contributed by atoms with Crippen molar-refractivity contribution in [3.05, 3.63) is 54.9 Å². The van der Waals surface area contributed by atoms with Crippen LogP contribution in [0.3, 0.4) is 0 Å². The maximum Gasteiger partial charge on any atom is 0.113 e. The molecule has 2 aromatic rings. The molecule has 0 atom stereocenters. The van der Waals surface area contributed by atoms with Crippen molar-refractivity contribution in [2.24, 2.45) is 0 Å².